The molecule has 2 atom stereocenters. The van der Waals surface area contributed by atoms with E-state index in [-0.39, 0.29) is 24.3 Å². The second kappa shape index (κ2) is 12.1. The molecule has 3 aliphatic heterocycles. The van der Waals surface area contributed by atoms with Crippen LogP contribution in [0, 0.1) is 0 Å². The summed E-state index contributed by atoms with van der Waals surface area (Å²) < 4.78 is 20.8. The first-order chi connectivity index (χ1) is 15.6. The number of hydrogen-bond donors (Lipinski definition) is 2. The Morgan fingerprint density at radius 3 is 2.36 bits per heavy atom. The SMILES string of the molecule is COCC(C)(OC(=S)N1CCCCN1)C(=O)O.COCC1(C)OC(=S)N2CCCCN2C1=O. The molecule has 11 nitrogen and oxygen atoms in total. The molecule has 3 heterocycles. The summed E-state index contributed by atoms with van der Waals surface area (Å²) in [5.41, 5.74) is 0.630. The van der Waals surface area contributed by atoms with Crippen molar-refractivity contribution in [2.24, 2.45) is 0 Å². The first-order valence-electron chi connectivity index (χ1n) is 10.9. The van der Waals surface area contributed by atoms with E-state index in [1.807, 2.05) is 0 Å². The number of rotatable bonds is 6. The van der Waals surface area contributed by atoms with Crippen molar-refractivity contribution < 1.29 is 33.6 Å². The normalized spacial score (nSPS) is 24.7. The van der Waals surface area contributed by atoms with Crippen molar-refractivity contribution in [2.45, 2.75) is 50.7 Å². The van der Waals surface area contributed by atoms with Crippen LogP contribution < -0.4 is 5.43 Å². The fraction of sp³-hybridized carbons (Fsp3) is 0.800. The number of aliphatic carboxylic acids is 1. The van der Waals surface area contributed by atoms with Gasteiger partial charge in [0.25, 0.3) is 16.3 Å². The van der Waals surface area contributed by atoms with E-state index in [4.69, 9.17) is 48.5 Å². The highest BCUT2D eigenvalue weighted by Gasteiger charge is 2.48. The van der Waals surface area contributed by atoms with E-state index in [0.29, 0.717) is 11.7 Å². The minimum absolute atomic E-state index is 0.0592. The Balaban J connectivity index is 0.000000234. The van der Waals surface area contributed by atoms with Gasteiger partial charge in [0.15, 0.2) is 0 Å². The van der Waals surface area contributed by atoms with Crippen molar-refractivity contribution in [1.29, 1.82) is 0 Å². The summed E-state index contributed by atoms with van der Waals surface area (Å²) in [6.45, 7) is 6.33. The average molecular weight is 507 g/mol. The molecule has 2 unspecified atom stereocenters. The van der Waals surface area contributed by atoms with Gasteiger partial charge in [-0.25, -0.2) is 20.2 Å². The molecular formula is C20H34N4O7S2. The van der Waals surface area contributed by atoms with Gasteiger partial charge in [-0.2, -0.15) is 0 Å². The summed E-state index contributed by atoms with van der Waals surface area (Å²) >= 11 is 10.3. The van der Waals surface area contributed by atoms with Crippen LogP contribution in [-0.4, -0.2) is 107 Å². The number of carbonyl (C=O) groups excluding carboxylic acids is 1. The molecule has 13 heteroatoms. The zero-order valence-electron chi connectivity index (χ0n) is 19.6. The third-order valence-corrected chi connectivity index (χ3v) is 6.03. The number of carboxylic acid groups (broad SMARTS) is 1. The largest absolute Gasteiger partial charge is 0.478 e. The van der Waals surface area contributed by atoms with Gasteiger partial charge in [0.1, 0.15) is 0 Å². The van der Waals surface area contributed by atoms with Crippen molar-refractivity contribution in [2.75, 3.05) is 53.6 Å². The molecule has 0 aliphatic carbocycles. The van der Waals surface area contributed by atoms with Crippen LogP contribution in [0.4, 0.5) is 0 Å². The molecule has 33 heavy (non-hydrogen) atoms. The maximum atomic E-state index is 12.2. The van der Waals surface area contributed by atoms with E-state index in [1.165, 1.54) is 14.0 Å². The molecular weight excluding hydrogens is 472 g/mol. The van der Waals surface area contributed by atoms with Gasteiger partial charge in [-0.3, -0.25) is 9.80 Å². The molecule has 0 spiro atoms. The van der Waals surface area contributed by atoms with E-state index in [9.17, 15) is 9.59 Å². The number of carbonyl (C=O) groups is 2. The monoisotopic (exact) mass is 506 g/mol. The van der Waals surface area contributed by atoms with Crippen LogP contribution in [0.1, 0.15) is 39.5 Å². The van der Waals surface area contributed by atoms with Crippen molar-refractivity contribution in [3.63, 3.8) is 0 Å². The van der Waals surface area contributed by atoms with E-state index in [1.54, 1.807) is 29.1 Å². The van der Waals surface area contributed by atoms with Gasteiger partial charge in [0.05, 0.1) is 13.2 Å². The lowest BCUT2D eigenvalue weighted by molar-refractivity contribution is -0.183. The van der Waals surface area contributed by atoms with Crippen molar-refractivity contribution in [3.8, 4) is 0 Å². The smallest absolute Gasteiger partial charge is 0.350 e. The Morgan fingerprint density at radius 2 is 1.82 bits per heavy atom. The molecule has 188 valence electrons. The second-order valence-corrected chi connectivity index (χ2v) is 9.09. The van der Waals surface area contributed by atoms with Crippen molar-refractivity contribution in [1.82, 2.24) is 20.5 Å². The van der Waals surface area contributed by atoms with Gasteiger partial charge >= 0.3 is 5.97 Å². The van der Waals surface area contributed by atoms with Crippen molar-refractivity contribution in [3.05, 3.63) is 0 Å². The number of ether oxygens (including phenoxy) is 4. The van der Waals surface area contributed by atoms with Gasteiger partial charge in [0.2, 0.25) is 11.2 Å². The molecule has 3 saturated heterocycles. The van der Waals surface area contributed by atoms with E-state index in [0.717, 1.165) is 45.3 Å². The highest BCUT2D eigenvalue weighted by molar-refractivity contribution is 7.80. The topological polar surface area (TPSA) is 113 Å². The van der Waals surface area contributed by atoms with E-state index < -0.39 is 17.2 Å². The number of hydrazine groups is 2. The lowest BCUT2D eigenvalue weighted by Gasteiger charge is -2.48. The van der Waals surface area contributed by atoms with Crippen LogP contribution in [0.25, 0.3) is 0 Å². The Morgan fingerprint density at radius 1 is 1.18 bits per heavy atom. The van der Waals surface area contributed by atoms with E-state index >= 15 is 0 Å². The predicted molar refractivity (Wildman–Crippen MR) is 127 cm³/mol. The molecule has 1 amide bonds. The van der Waals surface area contributed by atoms with Crippen LogP contribution in [0.2, 0.25) is 0 Å². The summed E-state index contributed by atoms with van der Waals surface area (Å²) in [4.78, 5) is 23.4. The number of hydrogen-bond acceptors (Lipinski definition) is 9. The lowest BCUT2D eigenvalue weighted by atomic mass is 10.1. The maximum Gasteiger partial charge on any atom is 0.350 e. The standard InChI is InChI=1S/C10H18N2O4S.C10H16N2O3S/c1-10(7-15-2,8(13)14)16-9(17)12-6-4-3-5-11-12;1-10(7-14-2)8(13)11-5-3-4-6-12(11)9(16)15-10/h11H,3-7H2,1-2H3,(H,13,14);3-7H2,1-2H3. The molecule has 0 saturated carbocycles. The van der Waals surface area contributed by atoms with Gasteiger partial charge in [-0.1, -0.05) is 0 Å². The Kier molecular flexibility index (Phi) is 10.0. The quantitative estimate of drug-likeness (QED) is 0.500. The first-order valence-corrected chi connectivity index (χ1v) is 11.7. The number of amides is 1. The third-order valence-electron chi connectivity index (χ3n) is 5.43. The van der Waals surface area contributed by atoms with Crippen LogP contribution in [0.15, 0.2) is 0 Å². The maximum absolute atomic E-state index is 12.2. The summed E-state index contributed by atoms with van der Waals surface area (Å²) in [6, 6.07) is 0. The Labute approximate surface area is 205 Å². The van der Waals surface area contributed by atoms with Crippen molar-refractivity contribution >= 4 is 46.7 Å². The van der Waals surface area contributed by atoms with Gasteiger partial charge in [0, 0.05) is 40.4 Å². The van der Waals surface area contributed by atoms with Crippen LogP contribution in [-0.2, 0) is 28.5 Å². The number of fused-ring (bicyclic) bond motifs is 1. The van der Waals surface area contributed by atoms with Crippen LogP contribution in [0.5, 0.6) is 0 Å². The summed E-state index contributed by atoms with van der Waals surface area (Å²) in [7, 11) is 2.97. The third kappa shape index (κ3) is 6.85. The highest BCUT2D eigenvalue weighted by Crippen LogP contribution is 2.27. The molecule has 0 bridgehead atoms. The average Bonchev–Trinajstić information content (AvgIpc) is 2.79. The Bertz CT molecular complexity index is 737. The molecule has 3 rings (SSSR count). The van der Waals surface area contributed by atoms with Crippen LogP contribution in [0.3, 0.4) is 0 Å². The minimum Gasteiger partial charge on any atom is -0.478 e. The predicted octanol–water partition coefficient (Wildman–Crippen LogP) is 0.924. The Hall–Kier alpha value is -1.80. The van der Waals surface area contributed by atoms with E-state index in [2.05, 4.69) is 5.43 Å². The van der Waals surface area contributed by atoms with Gasteiger partial charge in [-0.15, -0.1) is 0 Å². The molecule has 2 N–H and O–H groups in total. The molecule has 3 aliphatic rings. The summed E-state index contributed by atoms with van der Waals surface area (Å²) in [5, 5.41) is 14.7. The number of nitrogens with one attached hydrogen (secondary N) is 1. The summed E-state index contributed by atoms with van der Waals surface area (Å²) in [5.74, 6) is -1.17. The molecule has 0 aromatic heterocycles. The molecule has 0 aromatic carbocycles. The first kappa shape index (κ1) is 27.4. The zero-order valence-corrected chi connectivity index (χ0v) is 21.3. The highest BCUT2D eigenvalue weighted by atomic mass is 32.1. The fourth-order valence-corrected chi connectivity index (χ4v) is 4.31. The fourth-order valence-electron chi connectivity index (χ4n) is 3.60. The number of nitrogens with zero attached hydrogens (tertiary/aromatic N) is 3. The minimum atomic E-state index is -1.45. The molecule has 0 aromatic rings. The van der Waals surface area contributed by atoms with Gasteiger partial charge < -0.3 is 24.1 Å². The molecule has 0 radical (unpaired) electrons. The number of thiocarbonyl (C=S) groups is 2. The molecule has 3 fully saturated rings. The number of methoxy groups -OCH3 is 2. The van der Waals surface area contributed by atoms with Crippen LogP contribution >= 0.6 is 24.4 Å². The number of carboxylic acids is 1. The summed E-state index contributed by atoms with van der Waals surface area (Å²) in [6.07, 6.45) is 4.13. The van der Waals surface area contributed by atoms with Gasteiger partial charge in [-0.05, 0) is 64.0 Å². The zero-order chi connectivity index (χ0) is 24.6. The second-order valence-electron chi connectivity index (χ2n) is 8.39. The lowest BCUT2D eigenvalue weighted by Crippen LogP contribution is -2.66.